The fourth-order valence-corrected chi connectivity index (χ4v) is 4.43. The van der Waals surface area contributed by atoms with Gasteiger partial charge in [-0.15, -0.1) is 11.3 Å². The van der Waals surface area contributed by atoms with E-state index in [0.717, 1.165) is 62.9 Å². The molecule has 7 heteroatoms. The molecule has 0 radical (unpaired) electrons. The molecule has 1 saturated heterocycles. The van der Waals surface area contributed by atoms with Crippen LogP contribution in [-0.4, -0.2) is 52.1 Å². The smallest absolute Gasteiger partial charge is 0.0898 e. The second kappa shape index (κ2) is 7.95. The highest BCUT2D eigenvalue weighted by Crippen LogP contribution is 2.27. The van der Waals surface area contributed by atoms with Crippen LogP contribution in [0.3, 0.4) is 0 Å². The van der Waals surface area contributed by atoms with Crippen LogP contribution in [0.2, 0.25) is 0 Å². The van der Waals surface area contributed by atoms with E-state index in [1.54, 1.807) is 11.3 Å². The van der Waals surface area contributed by atoms with Crippen molar-refractivity contribution in [1.82, 2.24) is 19.7 Å². The summed E-state index contributed by atoms with van der Waals surface area (Å²) in [7, 11) is 0. The van der Waals surface area contributed by atoms with Gasteiger partial charge in [0.2, 0.25) is 0 Å². The quantitative estimate of drug-likeness (QED) is 0.740. The van der Waals surface area contributed by atoms with Crippen molar-refractivity contribution < 1.29 is 9.47 Å². The molecule has 4 rings (SSSR count). The summed E-state index contributed by atoms with van der Waals surface area (Å²) in [5.74, 6) is 0. The molecule has 136 valence electrons. The van der Waals surface area contributed by atoms with Gasteiger partial charge in [0.05, 0.1) is 29.0 Å². The molecule has 1 atom stereocenters. The molecule has 2 aromatic rings. The Morgan fingerprint density at radius 3 is 3.04 bits per heavy atom. The summed E-state index contributed by atoms with van der Waals surface area (Å²) in [6, 6.07) is 3.18. The van der Waals surface area contributed by atoms with Crippen molar-refractivity contribution in [2.45, 2.75) is 51.4 Å². The third-order valence-corrected chi connectivity index (χ3v) is 5.95. The van der Waals surface area contributed by atoms with Crippen molar-refractivity contribution in [3.8, 4) is 0 Å². The molecule has 0 saturated carbocycles. The lowest BCUT2D eigenvalue weighted by atomic mass is 10.0. The predicted octanol–water partition coefficient (Wildman–Crippen LogP) is 2.79. The fraction of sp³-hybridized carbons (Fsp3) is 0.667. The first-order valence-electron chi connectivity index (χ1n) is 9.12. The standard InChI is InChI=1S/C18H26N4O2S/c1-14-20-15(13-25-14)12-24-9-5-18-11-21(16-3-7-23-8-4-16)10-17-2-6-19-22(17)18/h2,6,13,16,18H,3-5,7-12H2,1H3. The van der Waals surface area contributed by atoms with Gasteiger partial charge in [-0.3, -0.25) is 9.58 Å². The molecule has 2 aliphatic heterocycles. The topological polar surface area (TPSA) is 52.4 Å². The van der Waals surface area contributed by atoms with E-state index in [-0.39, 0.29) is 0 Å². The number of thiazole rings is 1. The van der Waals surface area contributed by atoms with Crippen LogP contribution in [-0.2, 0) is 22.6 Å². The van der Waals surface area contributed by atoms with E-state index in [1.807, 2.05) is 13.1 Å². The number of rotatable bonds is 6. The van der Waals surface area contributed by atoms with Crippen LogP contribution in [0, 0.1) is 6.92 Å². The summed E-state index contributed by atoms with van der Waals surface area (Å²) >= 11 is 1.68. The van der Waals surface area contributed by atoms with E-state index in [2.05, 4.69) is 31.1 Å². The maximum absolute atomic E-state index is 5.87. The molecule has 0 aromatic carbocycles. The second-order valence-electron chi connectivity index (χ2n) is 6.89. The highest BCUT2D eigenvalue weighted by molar-refractivity contribution is 7.09. The molecular formula is C18H26N4O2S. The van der Waals surface area contributed by atoms with Gasteiger partial charge in [0, 0.05) is 50.5 Å². The van der Waals surface area contributed by atoms with Crippen LogP contribution < -0.4 is 0 Å². The number of nitrogens with zero attached hydrogens (tertiary/aromatic N) is 4. The number of aromatic nitrogens is 3. The number of aryl methyl sites for hydroxylation is 1. The van der Waals surface area contributed by atoms with Crippen molar-refractivity contribution >= 4 is 11.3 Å². The SMILES string of the molecule is Cc1nc(COCCC2CN(C3CCOCC3)Cc3ccnn32)cs1. The van der Waals surface area contributed by atoms with Crippen LogP contribution in [0.5, 0.6) is 0 Å². The van der Waals surface area contributed by atoms with Crippen molar-refractivity contribution in [2.24, 2.45) is 0 Å². The maximum Gasteiger partial charge on any atom is 0.0898 e. The van der Waals surface area contributed by atoms with Crippen LogP contribution in [0.25, 0.3) is 0 Å². The van der Waals surface area contributed by atoms with Crippen molar-refractivity contribution in [3.05, 3.63) is 34.0 Å². The van der Waals surface area contributed by atoms with Gasteiger partial charge in [0.1, 0.15) is 0 Å². The molecule has 0 amide bonds. The molecule has 2 aromatic heterocycles. The molecule has 2 aliphatic rings. The number of hydrogen-bond donors (Lipinski definition) is 0. The minimum Gasteiger partial charge on any atom is -0.381 e. The zero-order valence-corrected chi connectivity index (χ0v) is 15.6. The molecule has 1 fully saturated rings. The van der Waals surface area contributed by atoms with Crippen LogP contribution in [0.4, 0.5) is 0 Å². The second-order valence-corrected chi connectivity index (χ2v) is 7.96. The summed E-state index contributed by atoms with van der Waals surface area (Å²) in [6.07, 6.45) is 5.19. The highest BCUT2D eigenvalue weighted by atomic mass is 32.1. The van der Waals surface area contributed by atoms with Gasteiger partial charge in [-0.1, -0.05) is 0 Å². The zero-order valence-electron chi connectivity index (χ0n) is 14.8. The van der Waals surface area contributed by atoms with Crippen molar-refractivity contribution in [3.63, 3.8) is 0 Å². The molecule has 4 heterocycles. The van der Waals surface area contributed by atoms with Crippen LogP contribution >= 0.6 is 11.3 Å². The Balaban J connectivity index is 1.33. The molecule has 0 spiro atoms. The van der Waals surface area contributed by atoms with Gasteiger partial charge in [-0.2, -0.15) is 5.10 Å². The van der Waals surface area contributed by atoms with E-state index in [0.29, 0.717) is 18.7 Å². The largest absolute Gasteiger partial charge is 0.381 e. The Morgan fingerprint density at radius 1 is 1.36 bits per heavy atom. The normalized spacial score (nSPS) is 22.2. The molecular weight excluding hydrogens is 336 g/mol. The Kier molecular flexibility index (Phi) is 5.45. The van der Waals surface area contributed by atoms with E-state index >= 15 is 0 Å². The van der Waals surface area contributed by atoms with Gasteiger partial charge < -0.3 is 9.47 Å². The fourth-order valence-electron chi connectivity index (χ4n) is 3.83. The Bertz CT molecular complexity index is 680. The number of hydrogen-bond acceptors (Lipinski definition) is 6. The molecule has 0 bridgehead atoms. The van der Waals surface area contributed by atoms with E-state index < -0.39 is 0 Å². The van der Waals surface area contributed by atoms with Gasteiger partial charge >= 0.3 is 0 Å². The van der Waals surface area contributed by atoms with Crippen LogP contribution in [0.15, 0.2) is 17.6 Å². The maximum atomic E-state index is 5.87. The van der Waals surface area contributed by atoms with Crippen LogP contribution in [0.1, 0.15) is 41.7 Å². The summed E-state index contributed by atoms with van der Waals surface area (Å²) in [6.45, 7) is 7.20. The molecule has 0 N–H and O–H groups in total. The third-order valence-electron chi connectivity index (χ3n) is 5.13. The monoisotopic (exact) mass is 362 g/mol. The average Bonchev–Trinajstić information content (AvgIpc) is 3.28. The Labute approximate surface area is 152 Å². The first-order chi connectivity index (χ1) is 12.3. The van der Waals surface area contributed by atoms with Gasteiger partial charge in [0.15, 0.2) is 0 Å². The zero-order chi connectivity index (χ0) is 17.1. The number of fused-ring (bicyclic) bond motifs is 1. The summed E-state index contributed by atoms with van der Waals surface area (Å²) in [5, 5.41) is 7.73. The Hall–Kier alpha value is -1.28. The summed E-state index contributed by atoms with van der Waals surface area (Å²) < 4.78 is 13.6. The lowest BCUT2D eigenvalue weighted by Crippen LogP contribution is -2.46. The average molecular weight is 362 g/mol. The summed E-state index contributed by atoms with van der Waals surface area (Å²) in [4.78, 5) is 7.07. The van der Waals surface area contributed by atoms with Crippen molar-refractivity contribution in [2.75, 3.05) is 26.4 Å². The van der Waals surface area contributed by atoms with Crippen molar-refractivity contribution in [1.29, 1.82) is 0 Å². The number of ether oxygens (including phenoxy) is 2. The Morgan fingerprint density at radius 2 is 2.24 bits per heavy atom. The molecule has 0 aliphatic carbocycles. The lowest BCUT2D eigenvalue weighted by Gasteiger charge is -2.40. The third kappa shape index (κ3) is 4.11. The lowest BCUT2D eigenvalue weighted by molar-refractivity contribution is 0.0116. The first kappa shape index (κ1) is 17.1. The molecule has 1 unspecified atom stereocenters. The van der Waals surface area contributed by atoms with E-state index in [9.17, 15) is 0 Å². The minimum atomic E-state index is 0.388. The van der Waals surface area contributed by atoms with E-state index in [1.165, 1.54) is 5.69 Å². The highest BCUT2D eigenvalue weighted by Gasteiger charge is 2.30. The summed E-state index contributed by atoms with van der Waals surface area (Å²) in [5.41, 5.74) is 2.35. The molecule has 25 heavy (non-hydrogen) atoms. The minimum absolute atomic E-state index is 0.388. The van der Waals surface area contributed by atoms with Gasteiger partial charge in [0.25, 0.3) is 0 Å². The van der Waals surface area contributed by atoms with Gasteiger partial charge in [-0.05, 0) is 32.3 Å². The molecule has 6 nitrogen and oxygen atoms in total. The first-order valence-corrected chi connectivity index (χ1v) is 10.0. The van der Waals surface area contributed by atoms with Gasteiger partial charge in [-0.25, -0.2) is 4.98 Å². The van der Waals surface area contributed by atoms with E-state index in [4.69, 9.17) is 9.47 Å². The predicted molar refractivity (Wildman–Crippen MR) is 96.6 cm³/mol.